The minimum atomic E-state index is -1.83. The van der Waals surface area contributed by atoms with E-state index in [0.717, 1.165) is 0 Å². The molecular formula is C4H10O3. The van der Waals surface area contributed by atoms with Crippen LogP contribution in [0.5, 0.6) is 0 Å². The van der Waals surface area contributed by atoms with Crippen molar-refractivity contribution in [3.05, 3.63) is 13.2 Å². The summed E-state index contributed by atoms with van der Waals surface area (Å²) in [5, 5.41) is 13.9. The molecule has 0 radical (unpaired) electrons. The molecule has 0 spiro atoms. The van der Waals surface area contributed by atoms with E-state index in [2.05, 4.69) is 13.2 Å². The van der Waals surface area contributed by atoms with Crippen molar-refractivity contribution >= 4 is 6.16 Å². The maximum absolute atomic E-state index is 8.56. The van der Waals surface area contributed by atoms with Crippen molar-refractivity contribution in [2.75, 3.05) is 0 Å². The smallest absolute Gasteiger partial charge is 0.450 e. The first-order chi connectivity index (χ1) is 2.73. The molecule has 0 amide bonds. The molecule has 0 unspecified atom stereocenters. The Kier molecular flexibility index (Phi) is 47.4. The summed E-state index contributed by atoms with van der Waals surface area (Å²) < 4.78 is 0. The van der Waals surface area contributed by atoms with E-state index in [9.17, 15) is 0 Å². The second-order valence-corrected chi connectivity index (χ2v) is 0.283. The molecule has 2 N–H and O–H groups in total. The molecule has 0 heterocycles. The Hall–Kier alpha value is -0.990. The van der Waals surface area contributed by atoms with E-state index in [-0.39, 0.29) is 7.43 Å². The third-order valence-electron chi connectivity index (χ3n) is 0. The Labute approximate surface area is 42.9 Å². The summed E-state index contributed by atoms with van der Waals surface area (Å²) in [7, 11) is 0. The lowest BCUT2D eigenvalue weighted by molar-refractivity contribution is 0.137. The van der Waals surface area contributed by atoms with Gasteiger partial charge in [-0.1, -0.05) is 7.43 Å². The maximum atomic E-state index is 8.56. The number of carbonyl (C=O) groups is 1. The van der Waals surface area contributed by atoms with Crippen molar-refractivity contribution < 1.29 is 15.0 Å². The monoisotopic (exact) mass is 106 g/mol. The van der Waals surface area contributed by atoms with Crippen LogP contribution in [0.1, 0.15) is 7.43 Å². The van der Waals surface area contributed by atoms with Gasteiger partial charge in [-0.05, 0) is 0 Å². The highest BCUT2D eigenvalue weighted by atomic mass is 16.6. The quantitative estimate of drug-likeness (QED) is 0.462. The molecule has 0 atom stereocenters. The first kappa shape index (κ1) is 16.7. The highest BCUT2D eigenvalue weighted by molar-refractivity contribution is 5.53. The van der Waals surface area contributed by atoms with Crippen LogP contribution in [0.15, 0.2) is 13.2 Å². The molecule has 0 saturated heterocycles. The van der Waals surface area contributed by atoms with E-state index in [1.807, 2.05) is 0 Å². The lowest BCUT2D eigenvalue weighted by Gasteiger charge is -1.60. The maximum Gasteiger partial charge on any atom is 0.503 e. The minimum Gasteiger partial charge on any atom is -0.450 e. The van der Waals surface area contributed by atoms with Crippen LogP contribution in [0.3, 0.4) is 0 Å². The average Bonchev–Trinajstić information content (AvgIpc) is 1.41. The zero-order valence-electron chi connectivity index (χ0n) is 3.22. The zero-order chi connectivity index (χ0) is 5.58. The Balaban J connectivity index is -0.0000000480. The summed E-state index contributed by atoms with van der Waals surface area (Å²) in [6.45, 7) is 6.00. The highest BCUT2D eigenvalue weighted by Crippen LogP contribution is 1.42. The van der Waals surface area contributed by atoms with Gasteiger partial charge in [0.05, 0.1) is 0 Å². The van der Waals surface area contributed by atoms with E-state index in [4.69, 9.17) is 15.0 Å². The van der Waals surface area contributed by atoms with E-state index in [1.54, 1.807) is 0 Å². The van der Waals surface area contributed by atoms with E-state index < -0.39 is 6.16 Å². The highest BCUT2D eigenvalue weighted by Gasteiger charge is 1.70. The predicted octanol–water partition coefficient (Wildman–Crippen LogP) is 1.66. The van der Waals surface area contributed by atoms with Crippen molar-refractivity contribution in [3.8, 4) is 0 Å². The molecule has 0 aromatic heterocycles. The molecular weight excluding hydrogens is 96.0 g/mol. The zero-order valence-corrected chi connectivity index (χ0v) is 3.22. The van der Waals surface area contributed by atoms with Gasteiger partial charge in [-0.2, -0.15) is 0 Å². The molecule has 0 rings (SSSR count). The SMILES string of the molecule is C.C=C.O=C(O)O. The van der Waals surface area contributed by atoms with Crippen LogP contribution in [-0.2, 0) is 0 Å². The second kappa shape index (κ2) is 19.9. The summed E-state index contributed by atoms with van der Waals surface area (Å²) in [5.41, 5.74) is 0. The van der Waals surface area contributed by atoms with Gasteiger partial charge in [0.15, 0.2) is 0 Å². The van der Waals surface area contributed by atoms with Crippen molar-refractivity contribution in [2.24, 2.45) is 0 Å². The Morgan fingerprint density at radius 3 is 1.29 bits per heavy atom. The number of rotatable bonds is 0. The van der Waals surface area contributed by atoms with Crippen molar-refractivity contribution in [3.63, 3.8) is 0 Å². The fourth-order valence-corrected chi connectivity index (χ4v) is 0. The van der Waals surface area contributed by atoms with Crippen LogP contribution in [0.4, 0.5) is 4.79 Å². The molecule has 0 saturated carbocycles. The van der Waals surface area contributed by atoms with E-state index >= 15 is 0 Å². The van der Waals surface area contributed by atoms with Gasteiger partial charge in [-0.3, -0.25) is 0 Å². The van der Waals surface area contributed by atoms with Gasteiger partial charge in [0, 0.05) is 0 Å². The fourth-order valence-electron chi connectivity index (χ4n) is 0. The molecule has 0 fully saturated rings. The molecule has 0 bridgehead atoms. The van der Waals surface area contributed by atoms with E-state index in [1.165, 1.54) is 0 Å². The molecule has 0 aromatic carbocycles. The Bertz CT molecular complexity index is 38.2. The molecule has 0 aliphatic heterocycles. The number of hydrogen-bond donors (Lipinski definition) is 2. The standard InChI is InChI=1S/C2H4.CH2O3.CH4/c1-2;2-1(3)4;/h1-2H2;(H2,2,3,4);1H4. The molecule has 0 aromatic rings. The molecule has 3 heteroatoms. The van der Waals surface area contributed by atoms with Gasteiger partial charge in [-0.25, -0.2) is 4.79 Å². The summed E-state index contributed by atoms with van der Waals surface area (Å²) in [4.78, 5) is 8.56. The third kappa shape index (κ3) is 46.3. The van der Waals surface area contributed by atoms with Crippen molar-refractivity contribution in [1.82, 2.24) is 0 Å². The first-order valence-electron chi connectivity index (χ1n) is 1.15. The van der Waals surface area contributed by atoms with Gasteiger partial charge in [0.25, 0.3) is 0 Å². The fraction of sp³-hybridized carbons (Fsp3) is 0.250. The summed E-state index contributed by atoms with van der Waals surface area (Å²) in [6.07, 6.45) is -1.83. The summed E-state index contributed by atoms with van der Waals surface area (Å²) >= 11 is 0. The van der Waals surface area contributed by atoms with Gasteiger partial charge in [0.2, 0.25) is 0 Å². The molecule has 7 heavy (non-hydrogen) atoms. The van der Waals surface area contributed by atoms with Crippen LogP contribution in [-0.4, -0.2) is 16.4 Å². The summed E-state index contributed by atoms with van der Waals surface area (Å²) in [6, 6.07) is 0. The van der Waals surface area contributed by atoms with Crippen LogP contribution in [0.25, 0.3) is 0 Å². The topological polar surface area (TPSA) is 57.5 Å². The van der Waals surface area contributed by atoms with Crippen LogP contribution in [0, 0.1) is 0 Å². The van der Waals surface area contributed by atoms with Gasteiger partial charge >= 0.3 is 6.16 Å². The average molecular weight is 106 g/mol. The first-order valence-corrected chi connectivity index (χ1v) is 1.15. The van der Waals surface area contributed by atoms with Crippen LogP contribution >= 0.6 is 0 Å². The minimum absolute atomic E-state index is 0. The molecule has 0 aliphatic rings. The lowest BCUT2D eigenvalue weighted by atomic mass is 11.3. The summed E-state index contributed by atoms with van der Waals surface area (Å²) in [5.74, 6) is 0. The Morgan fingerprint density at radius 1 is 1.29 bits per heavy atom. The van der Waals surface area contributed by atoms with Gasteiger partial charge in [-0.15, -0.1) is 13.2 Å². The van der Waals surface area contributed by atoms with Gasteiger partial charge < -0.3 is 10.2 Å². The van der Waals surface area contributed by atoms with Crippen molar-refractivity contribution in [1.29, 1.82) is 0 Å². The normalized spacial score (nSPS) is 4.00. The van der Waals surface area contributed by atoms with Crippen LogP contribution < -0.4 is 0 Å². The largest absolute Gasteiger partial charge is 0.503 e. The Morgan fingerprint density at radius 2 is 1.29 bits per heavy atom. The second-order valence-electron chi connectivity index (χ2n) is 0.283. The predicted molar refractivity (Wildman–Crippen MR) is 28.6 cm³/mol. The van der Waals surface area contributed by atoms with Crippen LogP contribution in [0.2, 0.25) is 0 Å². The van der Waals surface area contributed by atoms with Gasteiger partial charge in [0.1, 0.15) is 0 Å². The van der Waals surface area contributed by atoms with E-state index in [0.29, 0.717) is 0 Å². The lowest BCUT2D eigenvalue weighted by Crippen LogP contribution is -1.81. The number of hydrogen-bond acceptors (Lipinski definition) is 1. The van der Waals surface area contributed by atoms with Crippen molar-refractivity contribution in [2.45, 2.75) is 7.43 Å². The molecule has 0 aliphatic carbocycles. The number of carboxylic acid groups (broad SMARTS) is 2. The molecule has 3 nitrogen and oxygen atoms in total. The third-order valence-corrected chi connectivity index (χ3v) is 0. The molecule has 44 valence electrons.